The predicted molar refractivity (Wildman–Crippen MR) is 62.7 cm³/mol. The van der Waals surface area contributed by atoms with E-state index in [4.69, 9.17) is 28.9 Å². The normalized spacial score (nSPS) is 11.5. The third-order valence-electron chi connectivity index (χ3n) is 1.76. The van der Waals surface area contributed by atoms with Gasteiger partial charge in [0.15, 0.2) is 0 Å². The van der Waals surface area contributed by atoms with Crippen molar-refractivity contribution in [3.8, 4) is 0 Å². The highest BCUT2D eigenvalue weighted by atomic mass is 35.5. The van der Waals surface area contributed by atoms with Crippen molar-refractivity contribution in [3.05, 3.63) is 33.8 Å². The summed E-state index contributed by atoms with van der Waals surface area (Å²) in [7, 11) is 1.28. The van der Waals surface area contributed by atoms with Gasteiger partial charge in [-0.25, -0.2) is 0 Å². The van der Waals surface area contributed by atoms with Gasteiger partial charge in [-0.3, -0.25) is 4.79 Å². The summed E-state index contributed by atoms with van der Waals surface area (Å²) in [5, 5.41) is 0.788. The lowest BCUT2D eigenvalue weighted by molar-refractivity contribution is -0.142. The van der Waals surface area contributed by atoms with E-state index in [-0.39, 0.29) is 12.4 Å². The SMILES string of the molecule is COC(=O)[C@@H](N)c1ccc(Cl)c(Cl)c1.Cl. The van der Waals surface area contributed by atoms with E-state index in [0.717, 1.165) is 0 Å². The zero-order valence-corrected chi connectivity index (χ0v) is 10.2. The Kier molecular flexibility index (Phi) is 5.98. The molecule has 0 unspecified atom stereocenters. The zero-order valence-electron chi connectivity index (χ0n) is 7.87. The molecule has 0 aliphatic heterocycles. The van der Waals surface area contributed by atoms with Gasteiger partial charge in [0.2, 0.25) is 0 Å². The Morgan fingerprint density at radius 2 is 2.00 bits per heavy atom. The average Bonchev–Trinajstić information content (AvgIpc) is 2.20. The van der Waals surface area contributed by atoms with Crippen molar-refractivity contribution >= 4 is 41.6 Å². The minimum absolute atomic E-state index is 0. The number of esters is 1. The van der Waals surface area contributed by atoms with Gasteiger partial charge >= 0.3 is 5.97 Å². The second kappa shape index (κ2) is 6.18. The maximum absolute atomic E-state index is 11.1. The number of hydrogen-bond acceptors (Lipinski definition) is 3. The first-order valence-corrected chi connectivity index (χ1v) is 4.60. The average molecular weight is 271 g/mol. The van der Waals surface area contributed by atoms with E-state index < -0.39 is 12.0 Å². The fraction of sp³-hybridized carbons (Fsp3) is 0.222. The summed E-state index contributed by atoms with van der Waals surface area (Å²) in [6.45, 7) is 0. The van der Waals surface area contributed by atoms with E-state index in [9.17, 15) is 4.79 Å². The van der Waals surface area contributed by atoms with Crippen molar-refractivity contribution in [1.29, 1.82) is 0 Å². The molecule has 0 aliphatic carbocycles. The van der Waals surface area contributed by atoms with Gasteiger partial charge in [-0.05, 0) is 17.7 Å². The Morgan fingerprint density at radius 3 is 2.47 bits per heavy atom. The van der Waals surface area contributed by atoms with E-state index in [0.29, 0.717) is 15.6 Å². The molecule has 0 aromatic heterocycles. The molecule has 3 nitrogen and oxygen atoms in total. The summed E-state index contributed by atoms with van der Waals surface area (Å²) in [5.41, 5.74) is 6.17. The lowest BCUT2D eigenvalue weighted by Crippen LogP contribution is -2.22. The number of hydrogen-bond donors (Lipinski definition) is 1. The highest BCUT2D eigenvalue weighted by Crippen LogP contribution is 2.25. The Bertz CT molecular complexity index is 357. The third kappa shape index (κ3) is 3.54. The van der Waals surface area contributed by atoms with E-state index in [1.54, 1.807) is 18.2 Å². The zero-order chi connectivity index (χ0) is 10.7. The molecule has 15 heavy (non-hydrogen) atoms. The van der Waals surface area contributed by atoms with Crippen molar-refractivity contribution < 1.29 is 9.53 Å². The second-order valence-electron chi connectivity index (χ2n) is 2.67. The first-order chi connectivity index (χ1) is 6.56. The van der Waals surface area contributed by atoms with Crippen LogP contribution in [0.15, 0.2) is 18.2 Å². The molecule has 0 heterocycles. The van der Waals surface area contributed by atoms with Gasteiger partial charge in [0, 0.05) is 0 Å². The number of ether oxygens (including phenoxy) is 1. The minimum Gasteiger partial charge on any atom is -0.468 e. The van der Waals surface area contributed by atoms with Gasteiger partial charge in [0.05, 0.1) is 17.2 Å². The van der Waals surface area contributed by atoms with Gasteiger partial charge in [-0.2, -0.15) is 0 Å². The predicted octanol–water partition coefficient (Wildman–Crippen LogP) is 2.59. The van der Waals surface area contributed by atoms with Crippen LogP contribution in [0.2, 0.25) is 10.0 Å². The molecule has 2 N–H and O–H groups in total. The molecule has 0 aliphatic rings. The van der Waals surface area contributed by atoms with Crippen LogP contribution >= 0.6 is 35.6 Å². The van der Waals surface area contributed by atoms with Crippen molar-refractivity contribution in [2.75, 3.05) is 7.11 Å². The lowest BCUT2D eigenvalue weighted by Gasteiger charge is -2.09. The number of methoxy groups -OCH3 is 1. The van der Waals surface area contributed by atoms with Gasteiger partial charge in [0.1, 0.15) is 6.04 Å². The molecule has 84 valence electrons. The molecular formula is C9H10Cl3NO2. The first-order valence-electron chi connectivity index (χ1n) is 3.84. The molecule has 0 fully saturated rings. The summed E-state index contributed by atoms with van der Waals surface area (Å²) in [5.74, 6) is -0.511. The summed E-state index contributed by atoms with van der Waals surface area (Å²) in [4.78, 5) is 11.1. The standard InChI is InChI=1S/C9H9Cl2NO2.ClH/c1-14-9(13)8(12)5-2-3-6(10)7(11)4-5;/h2-4,8H,12H2,1H3;1H/t8-;/m0./s1. The van der Waals surface area contributed by atoms with E-state index in [2.05, 4.69) is 4.74 Å². The summed E-state index contributed by atoms with van der Waals surface area (Å²) in [6.07, 6.45) is 0. The number of rotatable bonds is 2. The fourth-order valence-corrected chi connectivity index (χ4v) is 1.28. The van der Waals surface area contributed by atoms with Crippen LogP contribution in [0.4, 0.5) is 0 Å². The lowest BCUT2D eigenvalue weighted by atomic mass is 10.1. The summed E-state index contributed by atoms with van der Waals surface area (Å²) < 4.78 is 4.50. The molecule has 0 radical (unpaired) electrons. The number of carbonyl (C=O) groups excluding carboxylic acids is 1. The van der Waals surface area contributed by atoms with Crippen LogP contribution in [0.3, 0.4) is 0 Å². The first kappa shape index (κ1) is 14.5. The van der Waals surface area contributed by atoms with Gasteiger partial charge in [-0.15, -0.1) is 12.4 Å². The maximum atomic E-state index is 11.1. The van der Waals surface area contributed by atoms with Gasteiger partial charge < -0.3 is 10.5 Å². The highest BCUT2D eigenvalue weighted by Gasteiger charge is 2.16. The van der Waals surface area contributed by atoms with Crippen LogP contribution < -0.4 is 5.73 Å². The van der Waals surface area contributed by atoms with Crippen molar-refractivity contribution in [2.45, 2.75) is 6.04 Å². The topological polar surface area (TPSA) is 52.3 Å². The molecule has 1 rings (SSSR count). The van der Waals surface area contributed by atoms with Crippen LogP contribution in [0, 0.1) is 0 Å². The Balaban J connectivity index is 0.00000196. The van der Waals surface area contributed by atoms with E-state index in [1.807, 2.05) is 0 Å². The van der Waals surface area contributed by atoms with Crippen LogP contribution in [0.5, 0.6) is 0 Å². The second-order valence-corrected chi connectivity index (χ2v) is 3.49. The van der Waals surface area contributed by atoms with E-state index in [1.165, 1.54) is 7.11 Å². The summed E-state index contributed by atoms with van der Waals surface area (Å²) in [6, 6.07) is 3.94. The minimum atomic E-state index is -0.824. The maximum Gasteiger partial charge on any atom is 0.327 e. The number of benzene rings is 1. The Labute approximate surface area is 104 Å². The summed E-state index contributed by atoms with van der Waals surface area (Å²) >= 11 is 11.5. The molecule has 0 saturated heterocycles. The number of carbonyl (C=O) groups is 1. The fourth-order valence-electron chi connectivity index (χ4n) is 0.969. The van der Waals surface area contributed by atoms with Crippen LogP contribution in [-0.4, -0.2) is 13.1 Å². The smallest absolute Gasteiger partial charge is 0.327 e. The Morgan fingerprint density at radius 1 is 1.40 bits per heavy atom. The molecule has 1 atom stereocenters. The number of nitrogens with two attached hydrogens (primary N) is 1. The molecule has 1 aromatic carbocycles. The third-order valence-corrected chi connectivity index (χ3v) is 2.50. The molecule has 6 heteroatoms. The highest BCUT2D eigenvalue weighted by molar-refractivity contribution is 6.42. The molecule has 0 amide bonds. The molecular weight excluding hydrogens is 260 g/mol. The van der Waals surface area contributed by atoms with Crippen molar-refractivity contribution in [1.82, 2.24) is 0 Å². The van der Waals surface area contributed by atoms with E-state index >= 15 is 0 Å². The van der Waals surface area contributed by atoms with Crippen LogP contribution in [0.25, 0.3) is 0 Å². The van der Waals surface area contributed by atoms with Crippen molar-refractivity contribution in [2.24, 2.45) is 5.73 Å². The van der Waals surface area contributed by atoms with Crippen LogP contribution in [-0.2, 0) is 9.53 Å². The molecule has 1 aromatic rings. The van der Waals surface area contributed by atoms with Crippen molar-refractivity contribution in [3.63, 3.8) is 0 Å². The molecule has 0 saturated carbocycles. The van der Waals surface area contributed by atoms with Gasteiger partial charge in [0.25, 0.3) is 0 Å². The number of halogens is 3. The molecule has 0 spiro atoms. The monoisotopic (exact) mass is 269 g/mol. The van der Waals surface area contributed by atoms with Crippen LogP contribution in [0.1, 0.15) is 11.6 Å². The largest absolute Gasteiger partial charge is 0.468 e. The molecule has 0 bridgehead atoms. The Hall–Kier alpha value is -0.480. The van der Waals surface area contributed by atoms with Gasteiger partial charge in [-0.1, -0.05) is 29.3 Å². The quantitative estimate of drug-likeness (QED) is 0.841.